The number of nitrogens with one attached hydrogen (secondary N) is 1. The molecule has 0 bridgehead atoms. The molecule has 1 fully saturated rings. The van der Waals surface area contributed by atoms with Crippen molar-refractivity contribution in [2.45, 2.75) is 68.9 Å². The number of benzene rings is 1. The van der Waals surface area contributed by atoms with E-state index in [1.54, 1.807) is 7.11 Å². The van der Waals surface area contributed by atoms with Crippen LogP contribution in [0.3, 0.4) is 0 Å². The standard InChI is InChI=1S/C19H28N4OS/c1-14(2)25-19-22-21-18(23(19)16-9-5-4-6-10-16)13-20-15-8-7-11-17(12-15)24-3/h7-8,11-12,14,16,20H,4-6,9-10,13H2,1-3H3. The fourth-order valence-corrected chi connectivity index (χ4v) is 4.22. The molecular weight excluding hydrogens is 332 g/mol. The lowest BCUT2D eigenvalue weighted by Crippen LogP contribution is -2.18. The topological polar surface area (TPSA) is 52.0 Å². The number of nitrogens with zero attached hydrogens (tertiary/aromatic N) is 3. The van der Waals surface area contributed by atoms with Crippen LogP contribution in [0.5, 0.6) is 5.75 Å². The Morgan fingerprint density at radius 1 is 1.24 bits per heavy atom. The first-order valence-corrected chi connectivity index (χ1v) is 10.0. The zero-order valence-electron chi connectivity index (χ0n) is 15.4. The van der Waals surface area contributed by atoms with Gasteiger partial charge in [-0.1, -0.05) is 50.9 Å². The summed E-state index contributed by atoms with van der Waals surface area (Å²) in [5.41, 5.74) is 1.04. The van der Waals surface area contributed by atoms with Crippen LogP contribution in [0.1, 0.15) is 57.8 Å². The van der Waals surface area contributed by atoms with Gasteiger partial charge in [-0.3, -0.25) is 0 Å². The maximum atomic E-state index is 5.30. The fourth-order valence-electron chi connectivity index (χ4n) is 3.34. The van der Waals surface area contributed by atoms with E-state index in [0.717, 1.165) is 22.4 Å². The first kappa shape index (κ1) is 18.1. The van der Waals surface area contributed by atoms with E-state index in [0.29, 0.717) is 17.8 Å². The van der Waals surface area contributed by atoms with Crippen molar-refractivity contribution in [3.05, 3.63) is 30.1 Å². The highest BCUT2D eigenvalue weighted by Gasteiger charge is 2.23. The van der Waals surface area contributed by atoms with E-state index >= 15 is 0 Å². The van der Waals surface area contributed by atoms with Gasteiger partial charge >= 0.3 is 0 Å². The van der Waals surface area contributed by atoms with Crippen LogP contribution in [-0.2, 0) is 6.54 Å². The van der Waals surface area contributed by atoms with Crippen LogP contribution >= 0.6 is 11.8 Å². The van der Waals surface area contributed by atoms with Gasteiger partial charge in [0.15, 0.2) is 11.0 Å². The maximum absolute atomic E-state index is 5.30. The Balaban J connectivity index is 1.78. The molecule has 1 aliphatic rings. The highest BCUT2D eigenvalue weighted by molar-refractivity contribution is 7.99. The third-order valence-electron chi connectivity index (χ3n) is 4.54. The maximum Gasteiger partial charge on any atom is 0.191 e. The van der Waals surface area contributed by atoms with Crippen molar-refractivity contribution < 1.29 is 4.74 Å². The Hall–Kier alpha value is -1.69. The number of thioether (sulfide) groups is 1. The van der Waals surface area contributed by atoms with Crippen LogP contribution in [-0.4, -0.2) is 27.1 Å². The fraction of sp³-hybridized carbons (Fsp3) is 0.579. The molecule has 1 heterocycles. The first-order chi connectivity index (χ1) is 12.2. The molecule has 1 saturated carbocycles. The van der Waals surface area contributed by atoms with Crippen LogP contribution in [0.25, 0.3) is 0 Å². The summed E-state index contributed by atoms with van der Waals surface area (Å²) < 4.78 is 7.68. The molecule has 0 unspecified atom stereocenters. The number of anilines is 1. The van der Waals surface area contributed by atoms with E-state index in [-0.39, 0.29) is 0 Å². The Morgan fingerprint density at radius 3 is 2.76 bits per heavy atom. The molecule has 25 heavy (non-hydrogen) atoms. The second-order valence-electron chi connectivity index (χ2n) is 6.81. The van der Waals surface area contributed by atoms with Crippen molar-refractivity contribution in [1.82, 2.24) is 14.8 Å². The number of methoxy groups -OCH3 is 1. The van der Waals surface area contributed by atoms with E-state index in [1.165, 1.54) is 32.1 Å². The van der Waals surface area contributed by atoms with E-state index in [1.807, 2.05) is 36.0 Å². The smallest absolute Gasteiger partial charge is 0.191 e. The lowest BCUT2D eigenvalue weighted by molar-refractivity contribution is 0.330. The molecular formula is C19H28N4OS. The van der Waals surface area contributed by atoms with Gasteiger partial charge in [0.1, 0.15) is 5.75 Å². The number of rotatable bonds is 7. The van der Waals surface area contributed by atoms with Crippen LogP contribution in [0.4, 0.5) is 5.69 Å². The summed E-state index contributed by atoms with van der Waals surface area (Å²) in [6.07, 6.45) is 6.42. The zero-order valence-corrected chi connectivity index (χ0v) is 16.2. The lowest BCUT2D eigenvalue weighted by Gasteiger charge is -2.26. The summed E-state index contributed by atoms with van der Waals surface area (Å²) >= 11 is 1.81. The molecule has 3 rings (SSSR count). The first-order valence-electron chi connectivity index (χ1n) is 9.15. The molecule has 2 aromatic rings. The van der Waals surface area contributed by atoms with Crippen molar-refractivity contribution in [2.24, 2.45) is 0 Å². The molecule has 0 spiro atoms. The van der Waals surface area contributed by atoms with E-state index in [4.69, 9.17) is 4.74 Å². The van der Waals surface area contributed by atoms with Crippen molar-refractivity contribution in [1.29, 1.82) is 0 Å². The molecule has 1 N–H and O–H groups in total. The van der Waals surface area contributed by atoms with Crippen molar-refractivity contribution in [3.63, 3.8) is 0 Å². The monoisotopic (exact) mass is 360 g/mol. The van der Waals surface area contributed by atoms with Crippen LogP contribution in [0.15, 0.2) is 29.4 Å². The SMILES string of the molecule is COc1cccc(NCc2nnc(SC(C)C)n2C2CCCCC2)c1. The minimum atomic E-state index is 0.505. The Labute approximate surface area is 154 Å². The predicted molar refractivity (Wildman–Crippen MR) is 103 cm³/mol. The lowest BCUT2D eigenvalue weighted by atomic mass is 9.95. The zero-order chi connectivity index (χ0) is 17.6. The summed E-state index contributed by atoms with van der Waals surface area (Å²) in [5, 5.41) is 14.0. The van der Waals surface area contributed by atoms with Gasteiger partial charge in [0.05, 0.1) is 13.7 Å². The third-order valence-corrected chi connectivity index (χ3v) is 5.50. The van der Waals surface area contributed by atoms with Crippen molar-refractivity contribution in [3.8, 4) is 5.75 Å². The second-order valence-corrected chi connectivity index (χ2v) is 8.36. The number of hydrogen-bond donors (Lipinski definition) is 1. The van der Waals surface area contributed by atoms with E-state index < -0.39 is 0 Å². The van der Waals surface area contributed by atoms with Gasteiger partial charge in [0, 0.05) is 23.0 Å². The summed E-state index contributed by atoms with van der Waals surface area (Å²) in [5.74, 6) is 1.88. The predicted octanol–water partition coefficient (Wildman–Crippen LogP) is 4.90. The van der Waals surface area contributed by atoms with Gasteiger partial charge in [-0.05, 0) is 25.0 Å². The number of hydrogen-bond acceptors (Lipinski definition) is 5. The highest BCUT2D eigenvalue weighted by Crippen LogP contribution is 2.34. The molecule has 0 aliphatic heterocycles. The second kappa shape index (κ2) is 8.61. The van der Waals surface area contributed by atoms with Gasteiger partial charge in [-0.25, -0.2) is 0 Å². The number of aromatic nitrogens is 3. The molecule has 0 atom stereocenters. The van der Waals surface area contributed by atoms with E-state index in [9.17, 15) is 0 Å². The van der Waals surface area contributed by atoms with Crippen LogP contribution < -0.4 is 10.1 Å². The average molecular weight is 361 g/mol. The number of ether oxygens (including phenoxy) is 1. The molecule has 136 valence electrons. The Kier molecular flexibility index (Phi) is 6.24. The Bertz CT molecular complexity index is 680. The molecule has 5 nitrogen and oxygen atoms in total. The van der Waals surface area contributed by atoms with Gasteiger partial charge in [-0.15, -0.1) is 10.2 Å². The molecule has 1 aliphatic carbocycles. The quantitative estimate of drug-likeness (QED) is 0.711. The largest absolute Gasteiger partial charge is 0.497 e. The minimum absolute atomic E-state index is 0.505. The Morgan fingerprint density at radius 2 is 2.04 bits per heavy atom. The van der Waals surface area contributed by atoms with Gasteiger partial charge in [0.25, 0.3) is 0 Å². The average Bonchev–Trinajstić information content (AvgIpc) is 3.02. The van der Waals surface area contributed by atoms with Crippen LogP contribution in [0.2, 0.25) is 0 Å². The molecule has 6 heteroatoms. The normalized spacial score (nSPS) is 15.5. The molecule has 0 amide bonds. The summed E-state index contributed by atoms with van der Waals surface area (Å²) in [6.45, 7) is 5.09. The van der Waals surface area contributed by atoms with Gasteiger partial charge in [0.2, 0.25) is 0 Å². The van der Waals surface area contributed by atoms with Crippen molar-refractivity contribution >= 4 is 17.4 Å². The van der Waals surface area contributed by atoms with Crippen molar-refractivity contribution in [2.75, 3.05) is 12.4 Å². The summed E-state index contributed by atoms with van der Waals surface area (Å²) in [4.78, 5) is 0. The molecule has 0 radical (unpaired) electrons. The molecule has 1 aromatic heterocycles. The van der Waals surface area contributed by atoms with Gasteiger partial charge in [-0.2, -0.15) is 0 Å². The summed E-state index contributed by atoms with van der Waals surface area (Å²) in [6, 6.07) is 8.53. The van der Waals surface area contributed by atoms with Crippen LogP contribution in [0, 0.1) is 0 Å². The molecule has 0 saturated heterocycles. The minimum Gasteiger partial charge on any atom is -0.497 e. The highest BCUT2D eigenvalue weighted by atomic mass is 32.2. The molecule has 1 aromatic carbocycles. The van der Waals surface area contributed by atoms with E-state index in [2.05, 4.69) is 33.9 Å². The van der Waals surface area contributed by atoms with Gasteiger partial charge < -0.3 is 14.6 Å². The third kappa shape index (κ3) is 4.69. The summed E-state index contributed by atoms with van der Waals surface area (Å²) in [7, 11) is 1.69.